The van der Waals surface area contributed by atoms with Crippen LogP contribution in [0.15, 0.2) is 83.9 Å². The second-order valence-corrected chi connectivity index (χ2v) is 6.12. The predicted octanol–water partition coefficient (Wildman–Crippen LogP) is 6.14. The van der Waals surface area contributed by atoms with Crippen LogP contribution in [0.25, 0.3) is 21.5 Å². The SMILES string of the molecule is COc1ccc(N=C(C)c2ccc3c(ccc4ccccc43)c2)cc1.[Ir]. The van der Waals surface area contributed by atoms with Gasteiger partial charge in [-0.15, -0.1) is 0 Å². The van der Waals surface area contributed by atoms with Crippen LogP contribution in [-0.2, 0) is 20.1 Å². The average Bonchev–Trinajstić information content (AvgIpc) is 2.68. The van der Waals surface area contributed by atoms with Gasteiger partial charge in [0.15, 0.2) is 0 Å². The largest absolute Gasteiger partial charge is 0.497 e. The number of rotatable bonds is 3. The molecule has 0 saturated heterocycles. The van der Waals surface area contributed by atoms with Crippen molar-refractivity contribution in [1.82, 2.24) is 0 Å². The number of nitrogens with zero attached hydrogens (tertiary/aromatic N) is 1. The Hall–Kier alpha value is -2.48. The van der Waals surface area contributed by atoms with Gasteiger partial charge in [0.05, 0.1) is 12.8 Å². The van der Waals surface area contributed by atoms with Gasteiger partial charge in [0.2, 0.25) is 0 Å². The van der Waals surface area contributed by atoms with Gasteiger partial charge in [0.1, 0.15) is 5.75 Å². The summed E-state index contributed by atoms with van der Waals surface area (Å²) >= 11 is 0. The Kier molecular flexibility index (Phi) is 5.51. The number of fused-ring (bicyclic) bond motifs is 3. The zero-order chi connectivity index (χ0) is 17.2. The molecule has 0 bridgehead atoms. The first-order valence-corrected chi connectivity index (χ1v) is 8.36. The molecule has 0 aromatic heterocycles. The van der Waals surface area contributed by atoms with Crippen LogP contribution in [0.3, 0.4) is 0 Å². The summed E-state index contributed by atoms with van der Waals surface area (Å²) in [6, 6.07) is 27.2. The minimum absolute atomic E-state index is 0. The van der Waals surface area contributed by atoms with Crippen LogP contribution >= 0.6 is 0 Å². The molecule has 4 aromatic rings. The number of hydrogen-bond acceptors (Lipinski definition) is 2. The van der Waals surface area contributed by atoms with E-state index in [1.165, 1.54) is 21.5 Å². The third-order valence-corrected chi connectivity index (χ3v) is 4.53. The third-order valence-electron chi connectivity index (χ3n) is 4.53. The Labute approximate surface area is 166 Å². The van der Waals surface area contributed by atoms with Crippen molar-refractivity contribution in [2.75, 3.05) is 7.11 Å². The van der Waals surface area contributed by atoms with Crippen molar-refractivity contribution in [3.05, 3.63) is 84.4 Å². The molecule has 131 valence electrons. The van der Waals surface area contributed by atoms with E-state index in [-0.39, 0.29) is 20.1 Å². The van der Waals surface area contributed by atoms with E-state index < -0.39 is 0 Å². The van der Waals surface area contributed by atoms with Gasteiger partial charge in [-0.3, -0.25) is 4.99 Å². The van der Waals surface area contributed by atoms with Gasteiger partial charge in [-0.2, -0.15) is 0 Å². The van der Waals surface area contributed by atoms with Gasteiger partial charge in [0, 0.05) is 25.8 Å². The number of aliphatic imine (C=N–C) groups is 1. The van der Waals surface area contributed by atoms with E-state index in [0.29, 0.717) is 0 Å². The maximum absolute atomic E-state index is 5.19. The molecule has 26 heavy (non-hydrogen) atoms. The second-order valence-electron chi connectivity index (χ2n) is 6.12. The minimum Gasteiger partial charge on any atom is -0.497 e. The van der Waals surface area contributed by atoms with Gasteiger partial charge in [-0.1, -0.05) is 48.5 Å². The standard InChI is InChI=1S/C23H19NO.Ir/c1-16(24-20-10-12-21(25-2)13-11-20)18-9-14-23-19(15-18)8-7-17-5-3-4-6-22(17)23;/h3-15H,1-2H3;. The normalized spacial score (nSPS) is 11.4. The zero-order valence-corrected chi connectivity index (χ0v) is 17.1. The molecule has 0 atom stereocenters. The van der Waals surface area contributed by atoms with Crippen molar-refractivity contribution >= 4 is 32.9 Å². The maximum Gasteiger partial charge on any atom is 0.119 e. The Morgan fingerprint density at radius 2 is 1.46 bits per heavy atom. The van der Waals surface area contributed by atoms with Crippen LogP contribution in [0.4, 0.5) is 5.69 Å². The van der Waals surface area contributed by atoms with E-state index in [1.807, 2.05) is 31.2 Å². The van der Waals surface area contributed by atoms with Gasteiger partial charge in [0.25, 0.3) is 0 Å². The van der Waals surface area contributed by atoms with Gasteiger partial charge < -0.3 is 4.74 Å². The van der Waals surface area contributed by atoms with E-state index >= 15 is 0 Å². The molecule has 0 amide bonds. The molecule has 0 saturated carbocycles. The summed E-state index contributed by atoms with van der Waals surface area (Å²) in [5.74, 6) is 0.842. The smallest absolute Gasteiger partial charge is 0.119 e. The Morgan fingerprint density at radius 1 is 0.769 bits per heavy atom. The first-order chi connectivity index (χ1) is 12.2. The first-order valence-electron chi connectivity index (χ1n) is 8.36. The van der Waals surface area contributed by atoms with Crippen LogP contribution < -0.4 is 4.74 Å². The van der Waals surface area contributed by atoms with Crippen molar-refractivity contribution < 1.29 is 24.8 Å². The summed E-state index contributed by atoms with van der Waals surface area (Å²) in [7, 11) is 1.67. The van der Waals surface area contributed by atoms with Crippen molar-refractivity contribution in [3.8, 4) is 5.75 Å². The molecule has 4 rings (SSSR count). The molecule has 0 spiro atoms. The summed E-state index contributed by atoms with van der Waals surface area (Å²) in [4.78, 5) is 4.73. The van der Waals surface area contributed by atoms with Crippen molar-refractivity contribution in [2.24, 2.45) is 4.99 Å². The number of methoxy groups -OCH3 is 1. The van der Waals surface area contributed by atoms with Gasteiger partial charge >= 0.3 is 0 Å². The molecule has 0 aliphatic heterocycles. The molecule has 0 unspecified atom stereocenters. The molecule has 0 heterocycles. The van der Waals surface area contributed by atoms with E-state index in [0.717, 1.165) is 22.7 Å². The maximum atomic E-state index is 5.19. The molecule has 0 aliphatic rings. The summed E-state index contributed by atoms with van der Waals surface area (Å²) in [5, 5.41) is 5.07. The number of benzene rings is 4. The topological polar surface area (TPSA) is 21.6 Å². The van der Waals surface area contributed by atoms with Crippen LogP contribution in [0.1, 0.15) is 12.5 Å². The average molecular weight is 518 g/mol. The fourth-order valence-electron chi connectivity index (χ4n) is 3.15. The summed E-state index contributed by atoms with van der Waals surface area (Å²) < 4.78 is 5.19. The van der Waals surface area contributed by atoms with E-state index in [9.17, 15) is 0 Å². The van der Waals surface area contributed by atoms with Crippen molar-refractivity contribution in [3.63, 3.8) is 0 Å². The molecule has 0 N–H and O–H groups in total. The van der Waals surface area contributed by atoms with E-state index in [4.69, 9.17) is 9.73 Å². The van der Waals surface area contributed by atoms with Gasteiger partial charge in [-0.05, 0) is 64.4 Å². The summed E-state index contributed by atoms with van der Waals surface area (Å²) in [5.41, 5.74) is 3.07. The molecule has 0 aliphatic carbocycles. The zero-order valence-electron chi connectivity index (χ0n) is 14.7. The van der Waals surface area contributed by atoms with Crippen LogP contribution in [0.2, 0.25) is 0 Å². The van der Waals surface area contributed by atoms with Crippen molar-refractivity contribution in [1.29, 1.82) is 0 Å². The van der Waals surface area contributed by atoms with Crippen LogP contribution in [0, 0.1) is 0 Å². The molecule has 1 radical (unpaired) electrons. The Bertz CT molecular complexity index is 1080. The summed E-state index contributed by atoms with van der Waals surface area (Å²) in [6.45, 7) is 2.05. The quantitative estimate of drug-likeness (QED) is 0.236. The minimum atomic E-state index is 0. The Morgan fingerprint density at radius 3 is 2.23 bits per heavy atom. The Balaban J connectivity index is 0.00000196. The van der Waals surface area contributed by atoms with Crippen LogP contribution in [0.5, 0.6) is 5.75 Å². The molecule has 0 fully saturated rings. The molecular weight excluding hydrogens is 498 g/mol. The van der Waals surface area contributed by atoms with Crippen molar-refractivity contribution in [2.45, 2.75) is 6.92 Å². The molecule has 2 nitrogen and oxygen atoms in total. The predicted molar refractivity (Wildman–Crippen MR) is 106 cm³/mol. The molecule has 4 aromatic carbocycles. The summed E-state index contributed by atoms with van der Waals surface area (Å²) in [6.07, 6.45) is 0. The fraction of sp³-hybridized carbons (Fsp3) is 0.0870. The number of hydrogen-bond donors (Lipinski definition) is 0. The van der Waals surface area contributed by atoms with E-state index in [2.05, 4.69) is 54.6 Å². The monoisotopic (exact) mass is 518 g/mol. The van der Waals surface area contributed by atoms with E-state index in [1.54, 1.807) is 7.11 Å². The second kappa shape index (κ2) is 7.82. The number of ether oxygens (including phenoxy) is 1. The van der Waals surface area contributed by atoms with Gasteiger partial charge in [-0.25, -0.2) is 0 Å². The third kappa shape index (κ3) is 3.55. The molecule has 3 heteroatoms. The van der Waals surface area contributed by atoms with Crippen LogP contribution in [-0.4, -0.2) is 12.8 Å². The first kappa shape index (κ1) is 18.3. The fourth-order valence-corrected chi connectivity index (χ4v) is 3.15. The molecular formula is C23H19IrNO.